The molecule has 0 radical (unpaired) electrons. The molecule has 2 aromatic rings. The van der Waals surface area contributed by atoms with Crippen molar-refractivity contribution >= 4 is 27.1 Å². The molecule has 1 fully saturated rings. The SMILES string of the molecule is COc1ccccc1Nc1cncc(C(=O)N(C)C2CCS(=O)(=O)C2)c1. The molecular formula is C18H21N3O4S. The van der Waals surface area contributed by atoms with E-state index in [1.54, 1.807) is 26.4 Å². The first kappa shape index (κ1) is 18.2. The van der Waals surface area contributed by atoms with Crippen LogP contribution in [0.2, 0.25) is 0 Å². The fourth-order valence-electron chi connectivity index (χ4n) is 2.98. The number of pyridine rings is 1. The van der Waals surface area contributed by atoms with Crippen LogP contribution in [0.15, 0.2) is 42.7 Å². The highest BCUT2D eigenvalue weighted by Crippen LogP contribution is 2.27. The van der Waals surface area contributed by atoms with Crippen LogP contribution in [-0.2, 0) is 9.84 Å². The van der Waals surface area contributed by atoms with Gasteiger partial charge in [0.05, 0.1) is 41.8 Å². The van der Waals surface area contributed by atoms with Crippen molar-refractivity contribution in [1.82, 2.24) is 9.88 Å². The topological polar surface area (TPSA) is 88.6 Å². The molecule has 1 aliphatic heterocycles. The summed E-state index contributed by atoms with van der Waals surface area (Å²) in [4.78, 5) is 18.3. The second-order valence-corrected chi connectivity index (χ2v) is 8.49. The van der Waals surface area contributed by atoms with Crippen molar-refractivity contribution in [3.05, 3.63) is 48.3 Å². The normalized spacial score (nSPS) is 18.3. The van der Waals surface area contributed by atoms with Crippen LogP contribution in [0.3, 0.4) is 0 Å². The number of hydrogen-bond acceptors (Lipinski definition) is 6. The van der Waals surface area contributed by atoms with Crippen LogP contribution >= 0.6 is 0 Å². The molecule has 1 saturated heterocycles. The van der Waals surface area contributed by atoms with Crippen molar-refractivity contribution < 1.29 is 17.9 Å². The van der Waals surface area contributed by atoms with Crippen LogP contribution in [0, 0.1) is 0 Å². The molecule has 1 atom stereocenters. The number of methoxy groups -OCH3 is 1. The third kappa shape index (κ3) is 3.96. The molecule has 1 N–H and O–H groups in total. The lowest BCUT2D eigenvalue weighted by Crippen LogP contribution is -2.37. The fraction of sp³-hybridized carbons (Fsp3) is 0.333. The highest BCUT2D eigenvalue weighted by molar-refractivity contribution is 7.91. The Hall–Kier alpha value is -2.61. The maximum Gasteiger partial charge on any atom is 0.255 e. The third-order valence-electron chi connectivity index (χ3n) is 4.45. The number of nitrogens with zero attached hydrogens (tertiary/aromatic N) is 2. The largest absolute Gasteiger partial charge is 0.495 e. The maximum absolute atomic E-state index is 12.7. The number of sulfone groups is 1. The third-order valence-corrected chi connectivity index (χ3v) is 6.20. The van der Waals surface area contributed by atoms with Gasteiger partial charge in [-0.15, -0.1) is 0 Å². The summed E-state index contributed by atoms with van der Waals surface area (Å²) in [5.74, 6) is 0.575. The van der Waals surface area contributed by atoms with Crippen LogP contribution in [0.1, 0.15) is 16.8 Å². The van der Waals surface area contributed by atoms with Crippen molar-refractivity contribution in [2.24, 2.45) is 0 Å². The molecule has 8 heteroatoms. The Balaban J connectivity index is 1.77. The van der Waals surface area contributed by atoms with Gasteiger partial charge in [0, 0.05) is 19.3 Å². The van der Waals surface area contributed by atoms with Gasteiger partial charge in [-0.2, -0.15) is 0 Å². The van der Waals surface area contributed by atoms with Gasteiger partial charge in [0.2, 0.25) is 0 Å². The second-order valence-electron chi connectivity index (χ2n) is 6.26. The van der Waals surface area contributed by atoms with Gasteiger partial charge in [0.1, 0.15) is 5.75 Å². The van der Waals surface area contributed by atoms with Crippen LogP contribution in [0.25, 0.3) is 0 Å². The lowest BCUT2D eigenvalue weighted by Gasteiger charge is -2.23. The Morgan fingerprint density at radius 2 is 2.08 bits per heavy atom. The summed E-state index contributed by atoms with van der Waals surface area (Å²) in [6.45, 7) is 0. The van der Waals surface area contributed by atoms with Crippen molar-refractivity contribution in [3.63, 3.8) is 0 Å². The number of ether oxygens (including phenoxy) is 1. The van der Waals surface area contributed by atoms with Crippen LogP contribution in [0.5, 0.6) is 5.75 Å². The summed E-state index contributed by atoms with van der Waals surface area (Å²) in [7, 11) is 0.171. The van der Waals surface area contributed by atoms with Gasteiger partial charge in [0.25, 0.3) is 5.91 Å². The Bertz CT molecular complexity index is 914. The molecule has 2 heterocycles. The Kier molecular flexibility index (Phi) is 5.13. The predicted molar refractivity (Wildman–Crippen MR) is 99.7 cm³/mol. The minimum atomic E-state index is -3.05. The van der Waals surface area contributed by atoms with Crippen LogP contribution < -0.4 is 10.1 Å². The predicted octanol–water partition coefficient (Wildman–Crippen LogP) is 2.09. The molecular weight excluding hydrogens is 354 g/mol. The van der Waals surface area contributed by atoms with E-state index < -0.39 is 9.84 Å². The summed E-state index contributed by atoms with van der Waals surface area (Å²) < 4.78 is 28.6. The van der Waals surface area contributed by atoms with Gasteiger partial charge < -0.3 is 15.0 Å². The maximum atomic E-state index is 12.7. The van der Waals surface area contributed by atoms with E-state index in [-0.39, 0.29) is 23.5 Å². The van der Waals surface area contributed by atoms with E-state index in [2.05, 4.69) is 10.3 Å². The van der Waals surface area contributed by atoms with Crippen molar-refractivity contribution in [2.75, 3.05) is 31.0 Å². The van der Waals surface area contributed by atoms with Crippen molar-refractivity contribution in [3.8, 4) is 5.75 Å². The van der Waals surface area contributed by atoms with E-state index in [1.807, 2.05) is 24.3 Å². The minimum absolute atomic E-state index is 0.0157. The summed E-state index contributed by atoms with van der Waals surface area (Å²) in [6.07, 6.45) is 3.57. The Morgan fingerprint density at radius 3 is 2.77 bits per heavy atom. The van der Waals surface area contributed by atoms with Gasteiger partial charge in [-0.1, -0.05) is 12.1 Å². The van der Waals surface area contributed by atoms with Gasteiger partial charge in [-0.05, 0) is 24.6 Å². The zero-order valence-corrected chi connectivity index (χ0v) is 15.5. The highest BCUT2D eigenvalue weighted by atomic mass is 32.2. The van der Waals surface area contributed by atoms with Gasteiger partial charge in [-0.25, -0.2) is 8.42 Å². The molecule has 0 aliphatic carbocycles. The number of nitrogens with one attached hydrogen (secondary N) is 1. The number of aromatic nitrogens is 1. The van der Waals surface area contributed by atoms with E-state index in [9.17, 15) is 13.2 Å². The summed E-state index contributed by atoms with van der Waals surface area (Å²) in [5.41, 5.74) is 1.81. The van der Waals surface area contributed by atoms with Crippen LogP contribution in [-0.4, -0.2) is 55.9 Å². The second kappa shape index (κ2) is 7.33. The number of carbonyl (C=O) groups is 1. The molecule has 3 rings (SSSR count). The van der Waals surface area contributed by atoms with E-state index in [4.69, 9.17) is 4.74 Å². The van der Waals surface area contributed by atoms with E-state index in [0.717, 1.165) is 5.69 Å². The molecule has 0 saturated carbocycles. The van der Waals surface area contributed by atoms with Crippen molar-refractivity contribution in [1.29, 1.82) is 0 Å². The monoisotopic (exact) mass is 375 g/mol. The first-order valence-electron chi connectivity index (χ1n) is 8.22. The number of carbonyl (C=O) groups excluding carboxylic acids is 1. The van der Waals surface area contributed by atoms with E-state index in [1.165, 1.54) is 11.1 Å². The number of rotatable bonds is 5. The molecule has 1 aromatic heterocycles. The molecule has 1 aromatic carbocycles. The molecule has 1 amide bonds. The number of para-hydroxylation sites is 2. The molecule has 138 valence electrons. The first-order chi connectivity index (χ1) is 12.4. The Labute approximate surface area is 152 Å². The number of hydrogen-bond donors (Lipinski definition) is 1. The smallest absolute Gasteiger partial charge is 0.255 e. The molecule has 7 nitrogen and oxygen atoms in total. The zero-order valence-electron chi connectivity index (χ0n) is 14.7. The molecule has 26 heavy (non-hydrogen) atoms. The molecule has 0 bridgehead atoms. The van der Waals surface area contributed by atoms with E-state index >= 15 is 0 Å². The standard InChI is InChI=1S/C18H21N3O4S/c1-21(15-7-8-26(23,24)12-15)18(22)13-9-14(11-19-10-13)20-16-5-3-4-6-17(16)25-2/h3-6,9-11,15,20H,7-8,12H2,1-2H3. The lowest BCUT2D eigenvalue weighted by atomic mass is 10.2. The van der Waals surface area contributed by atoms with Crippen LogP contribution in [0.4, 0.5) is 11.4 Å². The number of amides is 1. The van der Waals surface area contributed by atoms with Gasteiger partial charge in [0.15, 0.2) is 9.84 Å². The lowest BCUT2D eigenvalue weighted by molar-refractivity contribution is 0.0747. The van der Waals surface area contributed by atoms with Crippen molar-refractivity contribution in [2.45, 2.75) is 12.5 Å². The van der Waals surface area contributed by atoms with Gasteiger partial charge in [-0.3, -0.25) is 9.78 Å². The number of anilines is 2. The number of benzene rings is 1. The minimum Gasteiger partial charge on any atom is -0.495 e. The van der Waals surface area contributed by atoms with E-state index in [0.29, 0.717) is 23.4 Å². The summed E-state index contributed by atoms with van der Waals surface area (Å²) >= 11 is 0. The molecule has 1 unspecified atom stereocenters. The Morgan fingerprint density at radius 1 is 1.31 bits per heavy atom. The summed E-state index contributed by atoms with van der Waals surface area (Å²) in [5, 5.41) is 3.19. The molecule has 1 aliphatic rings. The molecule has 0 spiro atoms. The fourth-order valence-corrected chi connectivity index (χ4v) is 4.75. The summed E-state index contributed by atoms with van der Waals surface area (Å²) in [6, 6.07) is 8.84. The first-order valence-corrected chi connectivity index (χ1v) is 10.0. The average Bonchev–Trinajstić information content (AvgIpc) is 3.01. The van der Waals surface area contributed by atoms with Gasteiger partial charge >= 0.3 is 0 Å². The zero-order chi connectivity index (χ0) is 18.7. The quantitative estimate of drug-likeness (QED) is 0.861. The average molecular weight is 375 g/mol. The highest BCUT2D eigenvalue weighted by Gasteiger charge is 2.33.